The van der Waals surface area contributed by atoms with Crippen LogP contribution in [-0.4, -0.2) is 73.4 Å². The number of rotatable bonds is 10. The molecule has 0 saturated heterocycles. The van der Waals surface area contributed by atoms with Crippen molar-refractivity contribution in [3.63, 3.8) is 0 Å². The largest absolute Gasteiger partial charge is 0.394 e. The SMILES string of the molecule is CCCNC(C)(CO)CN(CC)C(C)CN(C)C. The van der Waals surface area contributed by atoms with E-state index in [1.54, 1.807) is 0 Å². The second-order valence-electron chi connectivity index (χ2n) is 5.82. The molecule has 0 fully saturated rings. The summed E-state index contributed by atoms with van der Waals surface area (Å²) in [6.45, 7) is 12.8. The van der Waals surface area contributed by atoms with Crippen LogP contribution in [0.5, 0.6) is 0 Å². The van der Waals surface area contributed by atoms with Gasteiger partial charge >= 0.3 is 0 Å². The van der Waals surface area contributed by atoms with Gasteiger partial charge < -0.3 is 15.3 Å². The molecule has 2 N–H and O–H groups in total. The highest BCUT2D eigenvalue weighted by Crippen LogP contribution is 2.10. The molecule has 0 aromatic carbocycles. The first kappa shape index (κ1) is 17.8. The minimum absolute atomic E-state index is 0.179. The number of nitrogens with zero attached hydrogens (tertiary/aromatic N) is 2. The Morgan fingerprint density at radius 3 is 2.28 bits per heavy atom. The van der Waals surface area contributed by atoms with Crippen LogP contribution in [0, 0.1) is 0 Å². The molecule has 4 nitrogen and oxygen atoms in total. The second-order valence-corrected chi connectivity index (χ2v) is 5.82. The van der Waals surface area contributed by atoms with Gasteiger partial charge in [0.15, 0.2) is 0 Å². The van der Waals surface area contributed by atoms with Crippen molar-refractivity contribution in [1.29, 1.82) is 0 Å². The summed E-state index contributed by atoms with van der Waals surface area (Å²) in [6, 6.07) is 0.499. The van der Waals surface area contributed by atoms with Gasteiger partial charge in [-0.15, -0.1) is 0 Å². The molecule has 2 unspecified atom stereocenters. The Balaban J connectivity index is 4.46. The van der Waals surface area contributed by atoms with Crippen LogP contribution in [0.25, 0.3) is 0 Å². The van der Waals surface area contributed by atoms with E-state index in [2.05, 4.69) is 56.9 Å². The van der Waals surface area contributed by atoms with E-state index in [1.165, 1.54) is 0 Å². The number of aliphatic hydroxyl groups is 1. The molecule has 2 atom stereocenters. The maximum atomic E-state index is 9.62. The first-order valence-electron chi connectivity index (χ1n) is 7.13. The van der Waals surface area contributed by atoms with Crippen LogP contribution in [0.1, 0.15) is 34.1 Å². The quantitative estimate of drug-likeness (QED) is 0.614. The van der Waals surface area contributed by atoms with Crippen LogP contribution in [0.4, 0.5) is 0 Å². The number of nitrogens with one attached hydrogen (secondary N) is 1. The third kappa shape index (κ3) is 6.69. The van der Waals surface area contributed by atoms with Gasteiger partial charge in [-0.2, -0.15) is 0 Å². The normalized spacial score (nSPS) is 17.2. The zero-order valence-corrected chi connectivity index (χ0v) is 13.2. The van der Waals surface area contributed by atoms with Crippen molar-refractivity contribution in [1.82, 2.24) is 15.1 Å². The van der Waals surface area contributed by atoms with E-state index in [1.807, 2.05) is 0 Å². The summed E-state index contributed by atoms with van der Waals surface area (Å²) in [5.74, 6) is 0. The van der Waals surface area contributed by atoms with Crippen LogP contribution in [-0.2, 0) is 0 Å². The molecule has 0 amide bonds. The third-order valence-corrected chi connectivity index (χ3v) is 3.36. The Kier molecular flexibility index (Phi) is 8.78. The Labute approximate surface area is 113 Å². The fourth-order valence-corrected chi connectivity index (χ4v) is 2.26. The van der Waals surface area contributed by atoms with E-state index >= 15 is 0 Å². The molecule has 0 aliphatic rings. The lowest BCUT2D eigenvalue weighted by atomic mass is 10.0. The molecule has 0 heterocycles. The minimum atomic E-state index is -0.202. The molecule has 0 aromatic heterocycles. The minimum Gasteiger partial charge on any atom is -0.394 e. The smallest absolute Gasteiger partial charge is 0.0623 e. The number of likely N-dealkylation sites (N-methyl/N-ethyl adjacent to an activating group) is 2. The second kappa shape index (κ2) is 8.86. The van der Waals surface area contributed by atoms with Crippen LogP contribution in [0.15, 0.2) is 0 Å². The van der Waals surface area contributed by atoms with Crippen LogP contribution < -0.4 is 5.32 Å². The highest BCUT2D eigenvalue weighted by atomic mass is 16.3. The molecule has 0 spiro atoms. The van der Waals surface area contributed by atoms with Gasteiger partial charge in [-0.3, -0.25) is 4.90 Å². The number of hydrogen-bond donors (Lipinski definition) is 2. The van der Waals surface area contributed by atoms with E-state index in [4.69, 9.17) is 0 Å². The maximum absolute atomic E-state index is 9.62. The van der Waals surface area contributed by atoms with E-state index in [-0.39, 0.29) is 12.1 Å². The molecule has 0 bridgehead atoms. The first-order valence-corrected chi connectivity index (χ1v) is 7.13. The van der Waals surface area contributed by atoms with Gasteiger partial charge in [0, 0.05) is 19.1 Å². The molecule has 0 radical (unpaired) electrons. The van der Waals surface area contributed by atoms with Crippen LogP contribution in [0.2, 0.25) is 0 Å². The third-order valence-electron chi connectivity index (χ3n) is 3.36. The van der Waals surface area contributed by atoms with Crippen molar-refractivity contribution < 1.29 is 5.11 Å². The summed E-state index contributed by atoms with van der Waals surface area (Å²) >= 11 is 0. The Morgan fingerprint density at radius 2 is 1.89 bits per heavy atom. The molecular weight excluding hydrogens is 226 g/mol. The predicted octanol–water partition coefficient (Wildman–Crippen LogP) is 1.01. The average Bonchev–Trinajstić information content (AvgIpc) is 2.32. The van der Waals surface area contributed by atoms with E-state index in [0.29, 0.717) is 6.04 Å². The molecule has 0 saturated carbocycles. The van der Waals surface area contributed by atoms with Crippen molar-refractivity contribution in [2.75, 3.05) is 46.9 Å². The van der Waals surface area contributed by atoms with Crippen molar-refractivity contribution in [2.24, 2.45) is 0 Å². The van der Waals surface area contributed by atoms with Gasteiger partial charge in [0.2, 0.25) is 0 Å². The van der Waals surface area contributed by atoms with Crippen molar-refractivity contribution >= 4 is 0 Å². The molecular formula is C14H33N3O. The number of hydrogen-bond acceptors (Lipinski definition) is 4. The number of aliphatic hydroxyl groups excluding tert-OH is 1. The van der Waals surface area contributed by atoms with Crippen LogP contribution in [0.3, 0.4) is 0 Å². The lowest BCUT2D eigenvalue weighted by Gasteiger charge is -2.38. The van der Waals surface area contributed by atoms with E-state index < -0.39 is 0 Å². The van der Waals surface area contributed by atoms with Crippen molar-refractivity contribution in [3.8, 4) is 0 Å². The standard InChI is InChI=1S/C14H33N3O/c1-7-9-15-14(4,12-18)11-17(8-2)13(3)10-16(5)6/h13,15,18H,7-12H2,1-6H3. The van der Waals surface area contributed by atoms with Gasteiger partial charge in [-0.25, -0.2) is 0 Å². The summed E-state index contributed by atoms with van der Waals surface area (Å²) in [7, 11) is 4.20. The first-order chi connectivity index (χ1) is 8.38. The monoisotopic (exact) mass is 259 g/mol. The van der Waals surface area contributed by atoms with E-state index in [0.717, 1.165) is 32.6 Å². The zero-order valence-electron chi connectivity index (χ0n) is 13.2. The Bertz CT molecular complexity index is 211. The topological polar surface area (TPSA) is 38.7 Å². The lowest BCUT2D eigenvalue weighted by Crippen LogP contribution is -2.56. The average molecular weight is 259 g/mol. The van der Waals surface area contributed by atoms with Gasteiger partial charge in [0.25, 0.3) is 0 Å². The summed E-state index contributed by atoms with van der Waals surface area (Å²) in [4.78, 5) is 4.64. The summed E-state index contributed by atoms with van der Waals surface area (Å²) in [5, 5.41) is 13.1. The fourth-order valence-electron chi connectivity index (χ4n) is 2.26. The van der Waals surface area contributed by atoms with Crippen molar-refractivity contribution in [2.45, 2.75) is 45.7 Å². The highest BCUT2D eigenvalue weighted by Gasteiger charge is 2.27. The summed E-state index contributed by atoms with van der Waals surface area (Å²) in [5.41, 5.74) is -0.202. The van der Waals surface area contributed by atoms with Gasteiger partial charge in [-0.05, 0) is 47.5 Å². The summed E-state index contributed by atoms with van der Waals surface area (Å²) in [6.07, 6.45) is 1.09. The molecule has 110 valence electrons. The van der Waals surface area contributed by atoms with Crippen LogP contribution >= 0.6 is 0 Å². The Hall–Kier alpha value is -0.160. The fraction of sp³-hybridized carbons (Fsp3) is 1.00. The molecule has 4 heteroatoms. The van der Waals surface area contributed by atoms with Gasteiger partial charge in [0.05, 0.1) is 12.1 Å². The zero-order chi connectivity index (χ0) is 14.2. The molecule has 0 rings (SSSR count). The lowest BCUT2D eigenvalue weighted by molar-refractivity contribution is 0.0932. The van der Waals surface area contributed by atoms with Crippen molar-refractivity contribution in [3.05, 3.63) is 0 Å². The maximum Gasteiger partial charge on any atom is 0.0623 e. The summed E-state index contributed by atoms with van der Waals surface area (Å²) < 4.78 is 0. The van der Waals surface area contributed by atoms with E-state index in [9.17, 15) is 5.11 Å². The molecule has 0 aromatic rings. The predicted molar refractivity (Wildman–Crippen MR) is 79.0 cm³/mol. The Morgan fingerprint density at radius 1 is 1.28 bits per heavy atom. The molecule has 18 heavy (non-hydrogen) atoms. The highest BCUT2D eigenvalue weighted by molar-refractivity contribution is 4.87. The molecule has 0 aliphatic carbocycles. The van der Waals surface area contributed by atoms with Gasteiger partial charge in [0.1, 0.15) is 0 Å². The molecule has 0 aliphatic heterocycles. The van der Waals surface area contributed by atoms with Gasteiger partial charge in [-0.1, -0.05) is 13.8 Å².